The molecule has 0 aliphatic heterocycles. The molecule has 0 aromatic carbocycles. The summed E-state index contributed by atoms with van der Waals surface area (Å²) < 4.78 is 0. The van der Waals surface area contributed by atoms with Crippen LogP contribution in [-0.2, 0) is 0 Å². The van der Waals surface area contributed by atoms with E-state index in [4.69, 9.17) is 0 Å². The molecule has 0 aliphatic rings. The van der Waals surface area contributed by atoms with E-state index in [0.717, 1.165) is 0 Å². The summed E-state index contributed by atoms with van der Waals surface area (Å²) >= 11 is 0. The number of hydrogen-bond acceptors (Lipinski definition) is 1. The van der Waals surface area contributed by atoms with Crippen LogP contribution in [0.4, 0.5) is 0 Å². The van der Waals surface area contributed by atoms with Gasteiger partial charge in [0.15, 0.2) is 0 Å². The minimum atomic E-state index is 0. The molecule has 0 fully saturated rings. The molecule has 34 valence electrons. The van der Waals surface area contributed by atoms with Gasteiger partial charge in [-0.2, -0.15) is 0 Å². The van der Waals surface area contributed by atoms with E-state index in [-0.39, 0.29) is 38.3 Å². The van der Waals surface area contributed by atoms with Crippen LogP contribution in [0, 0.1) is 0 Å². The van der Waals surface area contributed by atoms with Crippen LogP contribution in [0.15, 0.2) is 0 Å². The van der Waals surface area contributed by atoms with Crippen molar-refractivity contribution in [2.75, 3.05) is 14.1 Å². The molecule has 1 nitrogen and oxygen atoms in total. The van der Waals surface area contributed by atoms with Crippen LogP contribution in [-0.4, -0.2) is 39.9 Å². The summed E-state index contributed by atoms with van der Waals surface area (Å²) in [6.45, 7) is 0. The first-order chi connectivity index (χ1) is 1.41. The Labute approximate surface area is 57.7 Å². The minimum absolute atomic E-state index is 0. The fourth-order valence-electron chi connectivity index (χ4n) is 0. The molecule has 0 unspecified atom stereocenters. The van der Waals surface area contributed by atoms with Gasteiger partial charge >= 0.3 is 25.8 Å². The Morgan fingerprint density at radius 1 is 1.20 bits per heavy atom. The summed E-state index contributed by atoms with van der Waals surface area (Å²) in [7, 11) is 3.75. The zero-order valence-corrected chi connectivity index (χ0v) is 3.72. The van der Waals surface area contributed by atoms with Crippen molar-refractivity contribution in [3.05, 3.63) is 0 Å². The molecule has 0 radical (unpaired) electrons. The van der Waals surface area contributed by atoms with Crippen LogP contribution in [0.3, 0.4) is 0 Å². The Bertz CT molecular complexity index is 9.61. The number of hydrogen-bond donors (Lipinski definition) is 1. The summed E-state index contributed by atoms with van der Waals surface area (Å²) in [5.74, 6) is 0. The van der Waals surface area contributed by atoms with Crippen molar-refractivity contribution in [1.29, 1.82) is 0 Å². The van der Waals surface area contributed by atoms with Gasteiger partial charge in [0.1, 0.15) is 0 Å². The van der Waals surface area contributed by atoms with E-state index in [2.05, 4.69) is 5.32 Å². The van der Waals surface area contributed by atoms with Gasteiger partial charge in [-0.25, -0.2) is 0 Å². The van der Waals surface area contributed by atoms with Gasteiger partial charge in [-0.05, 0) is 14.1 Å². The average Bonchev–Trinajstić information content (AvgIpc) is 0.918. The molecule has 3 heteroatoms. The van der Waals surface area contributed by atoms with E-state index >= 15 is 0 Å². The van der Waals surface area contributed by atoms with Crippen molar-refractivity contribution in [3.63, 3.8) is 0 Å². The fraction of sp³-hybridized carbons (Fsp3) is 1.00. The van der Waals surface area contributed by atoms with Gasteiger partial charge in [-0.3, -0.25) is 0 Å². The zero-order chi connectivity index (χ0) is 2.71. The molecule has 5 heavy (non-hydrogen) atoms. The van der Waals surface area contributed by atoms with Crippen LogP contribution >= 0.6 is 12.4 Å². The van der Waals surface area contributed by atoms with Gasteiger partial charge in [0.2, 0.25) is 0 Å². The molecule has 1 N–H and O–H groups in total. The summed E-state index contributed by atoms with van der Waals surface area (Å²) in [6.07, 6.45) is 0. The second kappa shape index (κ2) is 19.3. The molecule has 0 amide bonds. The molecule has 0 aliphatic carbocycles. The molecule has 0 saturated carbocycles. The quantitative estimate of drug-likeness (QED) is 0.532. The second-order valence-corrected chi connectivity index (χ2v) is 0.500. The Balaban J connectivity index is -0.0000000200. The van der Waals surface area contributed by atoms with Crippen molar-refractivity contribution < 1.29 is 0 Å². The third kappa shape index (κ3) is 39.7. The Morgan fingerprint density at radius 2 is 1.20 bits per heavy atom. The molecule has 0 heterocycles. The monoisotopic (exact) mass is 199 g/mol. The van der Waals surface area contributed by atoms with E-state index in [1.54, 1.807) is 0 Å². The standard InChI is InChI=1S/C2H7N.ClH.In.3H/c1-3-2;;;;;/h3H,1-2H3;1H;;;;. The van der Waals surface area contributed by atoms with Gasteiger partial charge in [-0.1, -0.05) is 0 Å². The van der Waals surface area contributed by atoms with E-state index in [0.29, 0.717) is 0 Å². The summed E-state index contributed by atoms with van der Waals surface area (Å²) in [4.78, 5) is 0. The second-order valence-electron chi connectivity index (χ2n) is 0.500. The van der Waals surface area contributed by atoms with Crippen LogP contribution in [0.5, 0.6) is 0 Å². The molecule has 0 aromatic heterocycles. The SMILES string of the molecule is CNC.Cl.[InH3]. The van der Waals surface area contributed by atoms with Crippen LogP contribution in [0.25, 0.3) is 0 Å². The van der Waals surface area contributed by atoms with Gasteiger partial charge in [0.25, 0.3) is 0 Å². The number of halogens is 1. The van der Waals surface area contributed by atoms with Crippen molar-refractivity contribution in [1.82, 2.24) is 5.32 Å². The van der Waals surface area contributed by atoms with Gasteiger partial charge in [0, 0.05) is 0 Å². The van der Waals surface area contributed by atoms with Crippen LogP contribution < -0.4 is 5.32 Å². The average molecular weight is 199 g/mol. The van der Waals surface area contributed by atoms with Gasteiger partial charge in [0.05, 0.1) is 0 Å². The molecule has 0 rings (SSSR count). The normalized spacial score (nSPS) is 3.60. The maximum absolute atomic E-state index is 2.75. The fourth-order valence-corrected chi connectivity index (χ4v) is 0. The first-order valence-corrected chi connectivity index (χ1v) is 1.00. The van der Waals surface area contributed by atoms with E-state index < -0.39 is 0 Å². The molecule has 0 atom stereocenters. The van der Waals surface area contributed by atoms with Crippen molar-refractivity contribution >= 4 is 38.3 Å². The predicted molar refractivity (Wildman–Crippen MR) is 32.2 cm³/mol. The summed E-state index contributed by atoms with van der Waals surface area (Å²) in [5, 5.41) is 2.75. The molecular weight excluding hydrogens is 188 g/mol. The van der Waals surface area contributed by atoms with E-state index in [1.165, 1.54) is 0 Å². The number of nitrogens with one attached hydrogen (secondary N) is 1. The topological polar surface area (TPSA) is 12.0 Å². The van der Waals surface area contributed by atoms with Crippen LogP contribution in [0.2, 0.25) is 0 Å². The zero-order valence-electron chi connectivity index (χ0n) is 2.91. The Kier molecular flexibility index (Phi) is 63.7. The summed E-state index contributed by atoms with van der Waals surface area (Å²) in [6, 6.07) is 0. The van der Waals surface area contributed by atoms with E-state index in [9.17, 15) is 0 Å². The Hall–Kier alpha value is 1.12. The third-order valence-electron chi connectivity index (χ3n) is 0. The van der Waals surface area contributed by atoms with Crippen LogP contribution in [0.1, 0.15) is 0 Å². The molecule has 0 saturated heterocycles. The summed E-state index contributed by atoms with van der Waals surface area (Å²) in [5.41, 5.74) is 0. The van der Waals surface area contributed by atoms with E-state index in [1.807, 2.05) is 14.1 Å². The maximum atomic E-state index is 2.75. The van der Waals surface area contributed by atoms with Crippen molar-refractivity contribution in [2.45, 2.75) is 0 Å². The van der Waals surface area contributed by atoms with Gasteiger partial charge < -0.3 is 5.32 Å². The molecule has 0 bridgehead atoms. The first kappa shape index (κ1) is 16.5. The molecule has 0 aromatic rings. The van der Waals surface area contributed by atoms with Crippen molar-refractivity contribution in [2.24, 2.45) is 0 Å². The Morgan fingerprint density at radius 3 is 1.20 bits per heavy atom. The predicted octanol–water partition coefficient (Wildman–Crippen LogP) is -0.927. The molecular formula is C2H11ClInN. The number of rotatable bonds is 0. The molecule has 0 spiro atoms. The third-order valence-corrected chi connectivity index (χ3v) is 0. The first-order valence-electron chi connectivity index (χ1n) is 1.00. The van der Waals surface area contributed by atoms with Gasteiger partial charge in [-0.15, -0.1) is 12.4 Å². The van der Waals surface area contributed by atoms with Crippen molar-refractivity contribution in [3.8, 4) is 0 Å².